The molecule has 0 N–H and O–H groups in total. The molecular formula is C24H24N6O4. The Hall–Kier alpha value is -3.92. The van der Waals surface area contributed by atoms with Gasteiger partial charge >= 0.3 is 6.03 Å². The Morgan fingerprint density at radius 3 is 2.76 bits per heavy atom. The molecule has 10 heteroatoms. The Morgan fingerprint density at radius 1 is 1.03 bits per heavy atom. The maximum Gasteiger partial charge on any atom is 0.320 e. The first-order valence-corrected chi connectivity index (χ1v) is 11.3. The number of ether oxygens (including phenoxy) is 3. The van der Waals surface area contributed by atoms with Crippen LogP contribution in [0.2, 0.25) is 0 Å². The van der Waals surface area contributed by atoms with E-state index in [9.17, 15) is 4.79 Å². The van der Waals surface area contributed by atoms with E-state index in [1.54, 1.807) is 4.52 Å². The molecule has 34 heavy (non-hydrogen) atoms. The zero-order chi connectivity index (χ0) is 23.1. The highest BCUT2D eigenvalue weighted by Gasteiger charge is 2.25. The van der Waals surface area contributed by atoms with Crippen LogP contribution in [0.5, 0.6) is 11.5 Å². The maximum absolute atomic E-state index is 13.6. The Kier molecular flexibility index (Phi) is 5.14. The zero-order valence-corrected chi connectivity index (χ0v) is 18.8. The number of morpholine rings is 1. The van der Waals surface area contributed by atoms with Gasteiger partial charge in [-0.3, -0.25) is 0 Å². The lowest BCUT2D eigenvalue weighted by Crippen LogP contribution is -2.47. The fourth-order valence-corrected chi connectivity index (χ4v) is 4.51. The summed E-state index contributed by atoms with van der Waals surface area (Å²) in [6, 6.07) is 14.0. The number of carbonyl (C=O) groups excluding carboxylic acids is 1. The summed E-state index contributed by atoms with van der Waals surface area (Å²) < 4.78 is 18.2. The normalized spacial score (nSPS) is 15.3. The quantitative estimate of drug-likeness (QED) is 0.462. The van der Waals surface area contributed by atoms with E-state index in [-0.39, 0.29) is 12.8 Å². The lowest BCUT2D eigenvalue weighted by Gasteiger charge is -2.33. The number of benzene rings is 2. The predicted molar refractivity (Wildman–Crippen MR) is 123 cm³/mol. The number of pyridine rings is 1. The van der Waals surface area contributed by atoms with Gasteiger partial charge in [0.05, 0.1) is 25.3 Å². The molecule has 0 atom stereocenters. The summed E-state index contributed by atoms with van der Waals surface area (Å²) in [7, 11) is 0. The van der Waals surface area contributed by atoms with Crippen LogP contribution >= 0.6 is 0 Å². The first kappa shape index (κ1) is 20.7. The van der Waals surface area contributed by atoms with Crippen molar-refractivity contribution in [3.8, 4) is 11.5 Å². The number of hydrogen-bond acceptors (Lipinski definition) is 7. The highest BCUT2D eigenvalue weighted by atomic mass is 16.7. The Morgan fingerprint density at radius 2 is 1.88 bits per heavy atom. The lowest BCUT2D eigenvalue weighted by molar-refractivity contribution is 0.0419. The summed E-state index contributed by atoms with van der Waals surface area (Å²) in [4.78, 5) is 17.3. The van der Waals surface area contributed by atoms with Gasteiger partial charge in [-0.15, -0.1) is 5.10 Å². The SMILES string of the molecule is Cc1ccc2c(c1)cc(CN(Cc1ccc3c(c1)OCO3)C(=O)N1CCOCC1)c1nnnn12. The molecule has 0 radical (unpaired) electrons. The van der Waals surface area contributed by atoms with Gasteiger partial charge < -0.3 is 24.0 Å². The van der Waals surface area contributed by atoms with E-state index in [2.05, 4.69) is 34.6 Å². The molecule has 174 valence electrons. The van der Waals surface area contributed by atoms with E-state index >= 15 is 0 Å². The first-order valence-electron chi connectivity index (χ1n) is 11.3. The maximum atomic E-state index is 13.6. The van der Waals surface area contributed by atoms with E-state index in [1.165, 1.54) is 0 Å². The molecular weight excluding hydrogens is 436 g/mol. The number of tetrazole rings is 1. The topological polar surface area (TPSA) is 94.3 Å². The summed E-state index contributed by atoms with van der Waals surface area (Å²) in [5.74, 6) is 1.41. The standard InChI is InChI=1S/C24H24N6O4/c1-16-2-4-20-18(10-16)12-19(23-25-26-27-30(20)23)14-29(24(31)28-6-8-32-9-7-28)13-17-3-5-21-22(11-17)34-15-33-21/h2-5,10-12H,6-9,13-15H2,1H3. The molecule has 6 rings (SSSR count). The van der Waals surface area contributed by atoms with Crippen LogP contribution in [-0.2, 0) is 17.8 Å². The molecule has 4 aromatic rings. The summed E-state index contributed by atoms with van der Waals surface area (Å²) >= 11 is 0. The van der Waals surface area contributed by atoms with Crippen molar-refractivity contribution >= 4 is 22.6 Å². The summed E-state index contributed by atoms with van der Waals surface area (Å²) in [5.41, 5.74) is 4.55. The predicted octanol–water partition coefficient (Wildman–Crippen LogP) is 2.77. The third-order valence-electron chi connectivity index (χ3n) is 6.22. The smallest absolute Gasteiger partial charge is 0.320 e. The molecule has 0 unspecified atom stereocenters. The van der Waals surface area contributed by atoms with Gasteiger partial charge in [0.1, 0.15) is 0 Å². The third-order valence-corrected chi connectivity index (χ3v) is 6.22. The van der Waals surface area contributed by atoms with Crippen molar-refractivity contribution in [2.24, 2.45) is 0 Å². The van der Waals surface area contributed by atoms with E-state index in [4.69, 9.17) is 14.2 Å². The second-order valence-corrected chi connectivity index (χ2v) is 8.57. The number of fused-ring (bicyclic) bond motifs is 4. The third kappa shape index (κ3) is 3.75. The Balaban J connectivity index is 1.38. The molecule has 2 aliphatic rings. The van der Waals surface area contributed by atoms with Gasteiger partial charge in [-0.2, -0.15) is 4.52 Å². The molecule has 0 saturated carbocycles. The summed E-state index contributed by atoms with van der Waals surface area (Å²) in [6.45, 7) is 5.24. The highest BCUT2D eigenvalue weighted by molar-refractivity contribution is 5.84. The van der Waals surface area contributed by atoms with Crippen LogP contribution in [0.1, 0.15) is 16.7 Å². The minimum atomic E-state index is -0.0454. The minimum Gasteiger partial charge on any atom is -0.454 e. The number of rotatable bonds is 4. The van der Waals surface area contributed by atoms with E-state index < -0.39 is 0 Å². The van der Waals surface area contributed by atoms with Gasteiger partial charge in [-0.05, 0) is 53.2 Å². The van der Waals surface area contributed by atoms with Crippen molar-refractivity contribution in [3.05, 3.63) is 59.2 Å². The molecule has 2 amide bonds. The number of nitrogens with zero attached hydrogens (tertiary/aromatic N) is 6. The molecule has 2 aromatic carbocycles. The van der Waals surface area contributed by atoms with Gasteiger partial charge in [0.2, 0.25) is 6.79 Å². The van der Waals surface area contributed by atoms with E-state index in [0.717, 1.165) is 33.3 Å². The molecule has 10 nitrogen and oxygen atoms in total. The van der Waals surface area contributed by atoms with E-state index in [0.29, 0.717) is 50.8 Å². The Labute approximate surface area is 195 Å². The van der Waals surface area contributed by atoms with Crippen LogP contribution in [0.15, 0.2) is 42.5 Å². The minimum absolute atomic E-state index is 0.0454. The average molecular weight is 460 g/mol. The van der Waals surface area contributed by atoms with Crippen LogP contribution in [0, 0.1) is 6.92 Å². The van der Waals surface area contributed by atoms with Crippen molar-refractivity contribution in [1.82, 2.24) is 29.8 Å². The van der Waals surface area contributed by atoms with Gasteiger partial charge in [0.25, 0.3) is 0 Å². The fraction of sp³-hybridized carbons (Fsp3) is 0.333. The Bertz CT molecular complexity index is 1380. The second-order valence-electron chi connectivity index (χ2n) is 8.57. The number of urea groups is 1. The first-order chi connectivity index (χ1) is 16.7. The average Bonchev–Trinajstić information content (AvgIpc) is 3.53. The second kappa shape index (κ2) is 8.45. The van der Waals surface area contributed by atoms with Crippen molar-refractivity contribution in [1.29, 1.82) is 0 Å². The number of carbonyl (C=O) groups is 1. The summed E-state index contributed by atoms with van der Waals surface area (Å²) in [6.07, 6.45) is 0. The number of aromatic nitrogens is 4. The van der Waals surface area contributed by atoms with Crippen LogP contribution in [0.25, 0.3) is 16.6 Å². The molecule has 2 aliphatic heterocycles. The molecule has 0 aliphatic carbocycles. The van der Waals surface area contributed by atoms with Gasteiger partial charge in [-0.1, -0.05) is 17.7 Å². The fourth-order valence-electron chi connectivity index (χ4n) is 4.51. The van der Waals surface area contributed by atoms with Gasteiger partial charge in [0.15, 0.2) is 17.1 Å². The monoisotopic (exact) mass is 460 g/mol. The van der Waals surface area contributed by atoms with Crippen molar-refractivity contribution in [2.75, 3.05) is 33.1 Å². The zero-order valence-electron chi connectivity index (χ0n) is 18.8. The van der Waals surface area contributed by atoms with Gasteiger partial charge in [-0.25, -0.2) is 4.79 Å². The molecule has 1 fully saturated rings. The molecule has 0 bridgehead atoms. The molecule has 1 saturated heterocycles. The van der Waals surface area contributed by atoms with Crippen LogP contribution in [-0.4, -0.2) is 69.0 Å². The summed E-state index contributed by atoms with van der Waals surface area (Å²) in [5, 5.41) is 13.4. The largest absolute Gasteiger partial charge is 0.454 e. The molecule has 4 heterocycles. The lowest BCUT2D eigenvalue weighted by atomic mass is 10.1. The van der Waals surface area contributed by atoms with Crippen molar-refractivity contribution in [3.63, 3.8) is 0 Å². The molecule has 2 aromatic heterocycles. The number of amides is 2. The number of aryl methyl sites for hydroxylation is 1. The number of hydrogen-bond donors (Lipinski definition) is 0. The molecule has 0 spiro atoms. The van der Waals surface area contributed by atoms with Gasteiger partial charge in [0, 0.05) is 30.6 Å². The van der Waals surface area contributed by atoms with Crippen molar-refractivity contribution in [2.45, 2.75) is 20.0 Å². The van der Waals surface area contributed by atoms with Crippen LogP contribution < -0.4 is 9.47 Å². The van der Waals surface area contributed by atoms with Crippen molar-refractivity contribution < 1.29 is 19.0 Å². The van der Waals surface area contributed by atoms with Crippen LogP contribution in [0.4, 0.5) is 4.79 Å². The highest BCUT2D eigenvalue weighted by Crippen LogP contribution is 2.33. The van der Waals surface area contributed by atoms with Crippen LogP contribution in [0.3, 0.4) is 0 Å². The van der Waals surface area contributed by atoms with E-state index in [1.807, 2.05) is 40.1 Å².